The molecule has 2 aliphatic rings. The number of benzene rings is 1. The van der Waals surface area contributed by atoms with Crippen LogP contribution < -0.4 is 5.32 Å². The van der Waals surface area contributed by atoms with Crippen LogP contribution in [0.25, 0.3) is 11.1 Å². The number of fused-ring (bicyclic) bond motifs is 2. The Kier molecular flexibility index (Phi) is 4.73. The molecule has 1 spiro atoms. The van der Waals surface area contributed by atoms with E-state index in [0.29, 0.717) is 37.2 Å². The van der Waals surface area contributed by atoms with E-state index >= 15 is 0 Å². The Morgan fingerprint density at radius 3 is 2.55 bits per heavy atom. The van der Waals surface area contributed by atoms with Gasteiger partial charge in [-0.1, -0.05) is 24.3 Å². The zero-order chi connectivity index (χ0) is 21.4. The zero-order valence-electron chi connectivity index (χ0n) is 17.2. The van der Waals surface area contributed by atoms with Gasteiger partial charge < -0.3 is 4.74 Å². The lowest BCUT2D eigenvalue weighted by Gasteiger charge is -2.35. The summed E-state index contributed by atoms with van der Waals surface area (Å²) in [4.78, 5) is 37.6. The standard InChI is InChI=1S/C24H22N4O3/c1-15-4-2-3-5-18(15)17-12-26-23(27-13-17)28-21(29)16-6-9-24(10-7-16)20-8-11-25-14-19(20)22(30)31-24/h2-5,8,11-14,16H,6-7,9-10H2,1H3,(H,26,27,28,29). The van der Waals surface area contributed by atoms with Crippen molar-refractivity contribution in [1.29, 1.82) is 0 Å². The number of amides is 1. The Labute approximate surface area is 179 Å². The van der Waals surface area contributed by atoms with Crippen LogP contribution >= 0.6 is 0 Å². The van der Waals surface area contributed by atoms with E-state index in [2.05, 4.69) is 20.3 Å². The van der Waals surface area contributed by atoms with Gasteiger partial charge in [0.1, 0.15) is 5.60 Å². The lowest BCUT2D eigenvalue weighted by atomic mass is 9.75. The highest BCUT2D eigenvalue weighted by molar-refractivity contribution is 5.94. The lowest BCUT2D eigenvalue weighted by Crippen LogP contribution is -2.36. The van der Waals surface area contributed by atoms with Crippen molar-refractivity contribution >= 4 is 17.8 Å². The van der Waals surface area contributed by atoms with Crippen LogP contribution in [0.4, 0.5) is 5.95 Å². The minimum absolute atomic E-state index is 0.0993. The second-order valence-electron chi connectivity index (χ2n) is 8.18. The summed E-state index contributed by atoms with van der Waals surface area (Å²) in [7, 11) is 0. The van der Waals surface area contributed by atoms with Crippen LogP contribution in [0.5, 0.6) is 0 Å². The first-order valence-electron chi connectivity index (χ1n) is 10.4. The van der Waals surface area contributed by atoms with Crippen molar-refractivity contribution in [2.75, 3.05) is 5.32 Å². The van der Waals surface area contributed by atoms with Gasteiger partial charge in [-0.05, 0) is 49.8 Å². The molecule has 0 unspecified atom stereocenters. The minimum atomic E-state index is -0.627. The van der Waals surface area contributed by atoms with Crippen molar-refractivity contribution in [1.82, 2.24) is 15.0 Å². The smallest absolute Gasteiger partial charge is 0.341 e. The molecular formula is C24H22N4O3. The molecule has 1 N–H and O–H groups in total. The molecule has 1 aliphatic heterocycles. The van der Waals surface area contributed by atoms with E-state index in [-0.39, 0.29) is 17.8 Å². The Morgan fingerprint density at radius 2 is 1.81 bits per heavy atom. The molecule has 0 saturated heterocycles. The number of pyridine rings is 1. The molecule has 156 valence electrons. The molecular weight excluding hydrogens is 392 g/mol. The summed E-state index contributed by atoms with van der Waals surface area (Å²) in [6.45, 7) is 2.04. The molecule has 0 bridgehead atoms. The van der Waals surface area contributed by atoms with Gasteiger partial charge in [0, 0.05) is 41.8 Å². The van der Waals surface area contributed by atoms with Gasteiger partial charge >= 0.3 is 5.97 Å². The van der Waals surface area contributed by atoms with Gasteiger partial charge in [0.2, 0.25) is 11.9 Å². The normalized spacial score (nSPS) is 22.1. The Morgan fingerprint density at radius 1 is 1.06 bits per heavy atom. The number of aromatic nitrogens is 3. The molecule has 2 aromatic heterocycles. The van der Waals surface area contributed by atoms with Crippen molar-refractivity contribution in [3.8, 4) is 11.1 Å². The lowest BCUT2D eigenvalue weighted by molar-refractivity contribution is -0.122. The quantitative estimate of drug-likeness (QED) is 0.650. The highest BCUT2D eigenvalue weighted by Crippen LogP contribution is 2.47. The molecule has 1 fully saturated rings. The first-order valence-corrected chi connectivity index (χ1v) is 10.4. The van der Waals surface area contributed by atoms with Crippen molar-refractivity contribution in [3.05, 3.63) is 71.8 Å². The van der Waals surface area contributed by atoms with Crippen molar-refractivity contribution in [2.45, 2.75) is 38.2 Å². The number of rotatable bonds is 3. The van der Waals surface area contributed by atoms with Gasteiger partial charge in [-0.2, -0.15) is 0 Å². The van der Waals surface area contributed by atoms with Crippen LogP contribution in [0.3, 0.4) is 0 Å². The van der Waals surface area contributed by atoms with Gasteiger partial charge in [0.25, 0.3) is 0 Å². The summed E-state index contributed by atoms with van der Waals surface area (Å²) in [6, 6.07) is 9.88. The topological polar surface area (TPSA) is 94.1 Å². The Balaban J connectivity index is 1.24. The fraction of sp³-hybridized carbons (Fsp3) is 0.292. The molecule has 1 saturated carbocycles. The minimum Gasteiger partial charge on any atom is -0.451 e. The first-order chi connectivity index (χ1) is 15.1. The van der Waals surface area contributed by atoms with E-state index < -0.39 is 5.60 Å². The second kappa shape index (κ2) is 7.58. The third-order valence-electron chi connectivity index (χ3n) is 6.33. The molecule has 5 rings (SSSR count). The molecule has 1 aromatic carbocycles. The molecule has 7 nitrogen and oxygen atoms in total. The van der Waals surface area contributed by atoms with Gasteiger partial charge in [-0.25, -0.2) is 14.8 Å². The summed E-state index contributed by atoms with van der Waals surface area (Å²) in [5.41, 5.74) is 3.92. The number of nitrogens with one attached hydrogen (secondary N) is 1. The van der Waals surface area contributed by atoms with Gasteiger partial charge in [0.05, 0.1) is 5.56 Å². The fourth-order valence-electron chi connectivity index (χ4n) is 4.60. The molecule has 0 atom stereocenters. The maximum absolute atomic E-state index is 12.8. The monoisotopic (exact) mass is 414 g/mol. The van der Waals surface area contributed by atoms with Crippen LogP contribution in [0, 0.1) is 12.8 Å². The second-order valence-corrected chi connectivity index (χ2v) is 8.18. The van der Waals surface area contributed by atoms with Gasteiger partial charge in [-0.15, -0.1) is 0 Å². The summed E-state index contributed by atoms with van der Waals surface area (Å²) in [6.07, 6.45) is 9.17. The molecule has 1 amide bonds. The number of aryl methyl sites for hydroxylation is 1. The highest BCUT2D eigenvalue weighted by Gasteiger charge is 2.48. The number of hydrogen-bond donors (Lipinski definition) is 1. The Hall–Kier alpha value is -3.61. The number of carbonyl (C=O) groups excluding carboxylic acids is 2. The molecule has 3 aromatic rings. The van der Waals surface area contributed by atoms with Crippen molar-refractivity contribution in [2.24, 2.45) is 5.92 Å². The molecule has 1 aliphatic carbocycles. The van der Waals surface area contributed by atoms with E-state index in [1.807, 2.05) is 37.3 Å². The SMILES string of the molecule is Cc1ccccc1-c1cnc(NC(=O)C2CCC3(CC2)OC(=O)c2cnccc23)nc1. The average Bonchev–Trinajstić information content (AvgIpc) is 3.07. The summed E-state index contributed by atoms with van der Waals surface area (Å²) < 4.78 is 5.74. The third-order valence-corrected chi connectivity index (χ3v) is 6.33. The van der Waals surface area contributed by atoms with E-state index in [4.69, 9.17) is 4.74 Å². The number of anilines is 1. The van der Waals surface area contributed by atoms with Crippen LogP contribution in [0.1, 0.15) is 47.2 Å². The number of nitrogens with zero attached hydrogens (tertiary/aromatic N) is 3. The van der Waals surface area contributed by atoms with Crippen LogP contribution in [-0.2, 0) is 15.1 Å². The van der Waals surface area contributed by atoms with Gasteiger partial charge in [-0.3, -0.25) is 15.1 Å². The van der Waals surface area contributed by atoms with Crippen LogP contribution in [0.15, 0.2) is 55.1 Å². The predicted octanol–water partition coefficient (Wildman–Crippen LogP) is 4.04. The van der Waals surface area contributed by atoms with Gasteiger partial charge in [0.15, 0.2) is 0 Å². The highest BCUT2D eigenvalue weighted by atomic mass is 16.6. The van der Waals surface area contributed by atoms with E-state index in [1.54, 1.807) is 24.8 Å². The first kappa shape index (κ1) is 19.4. The van der Waals surface area contributed by atoms with Crippen LogP contribution in [-0.4, -0.2) is 26.8 Å². The predicted molar refractivity (Wildman–Crippen MR) is 114 cm³/mol. The maximum atomic E-state index is 12.8. The van der Waals surface area contributed by atoms with Crippen LogP contribution in [0.2, 0.25) is 0 Å². The van der Waals surface area contributed by atoms with E-state index in [0.717, 1.165) is 22.3 Å². The maximum Gasteiger partial charge on any atom is 0.341 e. The van der Waals surface area contributed by atoms with Crippen molar-refractivity contribution < 1.29 is 14.3 Å². The average molecular weight is 414 g/mol. The number of hydrogen-bond acceptors (Lipinski definition) is 6. The molecule has 7 heteroatoms. The number of esters is 1. The molecule has 31 heavy (non-hydrogen) atoms. The Bertz CT molecular complexity index is 1150. The van der Waals surface area contributed by atoms with E-state index in [1.165, 1.54) is 0 Å². The summed E-state index contributed by atoms with van der Waals surface area (Å²) in [5, 5.41) is 2.83. The molecule has 3 heterocycles. The fourth-order valence-corrected chi connectivity index (χ4v) is 4.60. The summed E-state index contributed by atoms with van der Waals surface area (Å²) in [5.74, 6) is -0.299. The largest absolute Gasteiger partial charge is 0.451 e. The van der Waals surface area contributed by atoms with Crippen molar-refractivity contribution in [3.63, 3.8) is 0 Å². The summed E-state index contributed by atoms with van der Waals surface area (Å²) >= 11 is 0. The number of ether oxygens (including phenoxy) is 1. The molecule has 0 radical (unpaired) electrons. The third kappa shape index (κ3) is 3.46. The zero-order valence-corrected chi connectivity index (χ0v) is 17.2. The number of carbonyl (C=O) groups is 2. The van der Waals surface area contributed by atoms with E-state index in [9.17, 15) is 9.59 Å².